The van der Waals surface area contributed by atoms with Crippen LogP contribution >= 0.6 is 22.7 Å². The van der Waals surface area contributed by atoms with Crippen LogP contribution in [0.1, 0.15) is 16.1 Å². The molecule has 0 atom stereocenters. The summed E-state index contributed by atoms with van der Waals surface area (Å²) in [5, 5.41) is 2.14. The normalized spacial score (nSPS) is 14.2. The van der Waals surface area contributed by atoms with Crippen molar-refractivity contribution in [2.45, 2.75) is 19.5 Å². The van der Waals surface area contributed by atoms with Crippen LogP contribution in [-0.4, -0.2) is 21.4 Å². The smallest absolute Gasteiger partial charge is 0.159 e. The first kappa shape index (κ1) is 16.8. The average Bonchev–Trinajstić information content (AvgIpc) is 3.40. The zero-order valence-electron chi connectivity index (χ0n) is 14.8. The molecule has 1 aliphatic rings. The van der Waals surface area contributed by atoms with Gasteiger partial charge in [-0.2, -0.15) is 0 Å². The highest BCUT2D eigenvalue weighted by atomic mass is 32.1. The van der Waals surface area contributed by atoms with Crippen LogP contribution in [0, 0.1) is 0 Å². The number of thiophene rings is 2. The molecule has 4 heterocycles. The second-order valence-corrected chi connectivity index (χ2v) is 8.85. The first-order chi connectivity index (χ1) is 13.3. The molecule has 0 fully saturated rings. The monoisotopic (exact) mass is 389 g/mol. The maximum Gasteiger partial charge on any atom is 0.159 e. The number of aromatic nitrogens is 2. The predicted molar refractivity (Wildman–Crippen MR) is 113 cm³/mol. The first-order valence-electron chi connectivity index (χ1n) is 9.10. The van der Waals surface area contributed by atoms with Crippen LogP contribution in [0.25, 0.3) is 21.1 Å². The molecule has 27 heavy (non-hydrogen) atoms. The molecule has 0 radical (unpaired) electrons. The van der Waals surface area contributed by atoms with Gasteiger partial charge in [-0.1, -0.05) is 36.4 Å². The Balaban J connectivity index is 1.30. The highest BCUT2D eigenvalue weighted by Gasteiger charge is 2.19. The zero-order chi connectivity index (χ0) is 18.1. The predicted octanol–water partition coefficient (Wildman–Crippen LogP) is 5.49. The van der Waals surface area contributed by atoms with Crippen LogP contribution < -0.4 is 0 Å². The number of hydrogen-bond donors (Lipinski definition) is 0. The highest BCUT2D eigenvalue weighted by Crippen LogP contribution is 2.32. The Morgan fingerprint density at radius 1 is 0.963 bits per heavy atom. The largest absolute Gasteiger partial charge is 0.293 e. The molecule has 1 aliphatic heterocycles. The quantitative estimate of drug-likeness (QED) is 0.462. The minimum absolute atomic E-state index is 0.835. The van der Waals surface area contributed by atoms with Crippen molar-refractivity contribution in [3.05, 3.63) is 82.3 Å². The van der Waals surface area contributed by atoms with Crippen molar-refractivity contribution < 1.29 is 0 Å². The Bertz CT molecular complexity index is 1040. The molecule has 4 aromatic rings. The molecule has 5 heteroatoms. The van der Waals surface area contributed by atoms with Gasteiger partial charge in [0.15, 0.2) is 5.82 Å². The van der Waals surface area contributed by atoms with Gasteiger partial charge >= 0.3 is 0 Å². The van der Waals surface area contributed by atoms with E-state index in [1.54, 1.807) is 11.3 Å². The first-order valence-corrected chi connectivity index (χ1v) is 10.8. The Labute approximate surface area is 167 Å². The summed E-state index contributed by atoms with van der Waals surface area (Å²) in [6.45, 7) is 2.97. The van der Waals surface area contributed by atoms with E-state index < -0.39 is 0 Å². The van der Waals surface area contributed by atoms with Crippen molar-refractivity contribution in [2.75, 3.05) is 6.54 Å². The summed E-state index contributed by atoms with van der Waals surface area (Å²) in [6, 6.07) is 19.1. The third kappa shape index (κ3) is 3.58. The number of nitrogens with zero attached hydrogens (tertiary/aromatic N) is 3. The molecule has 0 bridgehead atoms. The second kappa shape index (κ2) is 7.35. The summed E-state index contributed by atoms with van der Waals surface area (Å²) < 4.78 is 0. The van der Waals surface area contributed by atoms with Crippen LogP contribution in [0.3, 0.4) is 0 Å². The van der Waals surface area contributed by atoms with Gasteiger partial charge in [-0.3, -0.25) is 4.90 Å². The fourth-order valence-electron chi connectivity index (χ4n) is 3.47. The molecule has 0 aliphatic carbocycles. The van der Waals surface area contributed by atoms with E-state index in [2.05, 4.69) is 51.7 Å². The van der Waals surface area contributed by atoms with Crippen LogP contribution in [0.15, 0.2) is 66.2 Å². The SMILES string of the molecule is c1ccc(-c2ncc3c(n2)CCN(Cc2ccc(-c4cccs4)s2)C3)cc1. The molecular weight excluding hydrogens is 370 g/mol. The van der Waals surface area contributed by atoms with E-state index in [1.807, 2.05) is 35.7 Å². The molecule has 0 saturated carbocycles. The van der Waals surface area contributed by atoms with E-state index in [-0.39, 0.29) is 0 Å². The van der Waals surface area contributed by atoms with Gasteiger partial charge in [0, 0.05) is 58.0 Å². The molecule has 5 rings (SSSR count). The fourth-order valence-corrected chi connectivity index (χ4v) is 5.36. The molecular formula is C22H19N3S2. The Morgan fingerprint density at radius 3 is 2.74 bits per heavy atom. The van der Waals surface area contributed by atoms with Crippen LogP contribution in [0.5, 0.6) is 0 Å². The summed E-state index contributed by atoms with van der Waals surface area (Å²) >= 11 is 3.71. The zero-order valence-corrected chi connectivity index (χ0v) is 16.5. The number of benzene rings is 1. The van der Waals surface area contributed by atoms with E-state index >= 15 is 0 Å². The Morgan fingerprint density at radius 2 is 1.89 bits per heavy atom. The topological polar surface area (TPSA) is 29.0 Å². The van der Waals surface area contributed by atoms with Gasteiger partial charge in [-0.25, -0.2) is 9.97 Å². The third-order valence-electron chi connectivity index (χ3n) is 4.85. The number of fused-ring (bicyclic) bond motifs is 1. The van der Waals surface area contributed by atoms with Crippen molar-refractivity contribution in [3.63, 3.8) is 0 Å². The molecule has 3 nitrogen and oxygen atoms in total. The van der Waals surface area contributed by atoms with Crippen molar-refractivity contribution in [3.8, 4) is 21.1 Å². The van der Waals surface area contributed by atoms with E-state index in [4.69, 9.17) is 4.98 Å². The Hall–Kier alpha value is -2.34. The molecule has 0 unspecified atom stereocenters. The standard InChI is InChI=1S/C22H19N3S2/c1-2-5-16(6-3-1)22-23-13-17-14-25(11-10-19(17)24-22)15-18-8-9-21(27-18)20-7-4-12-26-20/h1-9,12-13H,10-11,14-15H2. The third-order valence-corrected chi connectivity index (χ3v) is 6.99. The highest BCUT2D eigenvalue weighted by molar-refractivity contribution is 7.21. The molecule has 3 aromatic heterocycles. The molecule has 0 N–H and O–H groups in total. The fraction of sp³-hybridized carbons (Fsp3) is 0.182. The van der Waals surface area contributed by atoms with E-state index in [0.29, 0.717) is 0 Å². The van der Waals surface area contributed by atoms with Gasteiger partial charge in [0.2, 0.25) is 0 Å². The van der Waals surface area contributed by atoms with Crippen molar-refractivity contribution in [1.82, 2.24) is 14.9 Å². The van der Waals surface area contributed by atoms with Crippen LogP contribution in [-0.2, 0) is 19.5 Å². The van der Waals surface area contributed by atoms with Gasteiger partial charge in [-0.15, -0.1) is 22.7 Å². The molecule has 0 saturated heterocycles. The van der Waals surface area contributed by atoms with Gasteiger partial charge in [0.1, 0.15) is 0 Å². The van der Waals surface area contributed by atoms with E-state index in [0.717, 1.165) is 37.4 Å². The van der Waals surface area contributed by atoms with E-state index in [1.165, 1.54) is 25.9 Å². The summed E-state index contributed by atoms with van der Waals surface area (Å²) in [5.41, 5.74) is 3.55. The van der Waals surface area contributed by atoms with Crippen molar-refractivity contribution >= 4 is 22.7 Å². The lowest BCUT2D eigenvalue weighted by Crippen LogP contribution is -2.30. The molecule has 0 spiro atoms. The minimum atomic E-state index is 0.835. The van der Waals surface area contributed by atoms with Gasteiger partial charge < -0.3 is 0 Å². The van der Waals surface area contributed by atoms with E-state index in [9.17, 15) is 0 Å². The number of rotatable bonds is 4. The number of hydrogen-bond acceptors (Lipinski definition) is 5. The maximum atomic E-state index is 4.83. The lowest BCUT2D eigenvalue weighted by atomic mass is 10.1. The summed E-state index contributed by atoms with van der Waals surface area (Å²) in [5.74, 6) is 0.835. The summed E-state index contributed by atoms with van der Waals surface area (Å²) in [4.78, 5) is 16.1. The second-order valence-electron chi connectivity index (χ2n) is 6.74. The summed E-state index contributed by atoms with van der Waals surface area (Å²) in [6.07, 6.45) is 3.00. The van der Waals surface area contributed by atoms with Gasteiger partial charge in [-0.05, 0) is 23.6 Å². The average molecular weight is 390 g/mol. The summed E-state index contributed by atoms with van der Waals surface area (Å²) in [7, 11) is 0. The molecule has 134 valence electrons. The van der Waals surface area contributed by atoms with Gasteiger partial charge in [0.05, 0.1) is 5.69 Å². The van der Waals surface area contributed by atoms with Crippen LogP contribution in [0.2, 0.25) is 0 Å². The van der Waals surface area contributed by atoms with Crippen molar-refractivity contribution in [1.29, 1.82) is 0 Å². The Kier molecular flexibility index (Phi) is 4.57. The molecule has 1 aromatic carbocycles. The maximum absolute atomic E-state index is 4.83. The minimum Gasteiger partial charge on any atom is -0.293 e. The van der Waals surface area contributed by atoms with Gasteiger partial charge in [0.25, 0.3) is 0 Å². The lowest BCUT2D eigenvalue weighted by molar-refractivity contribution is 0.245. The van der Waals surface area contributed by atoms with Crippen LogP contribution in [0.4, 0.5) is 0 Å². The lowest BCUT2D eigenvalue weighted by Gasteiger charge is -2.27. The van der Waals surface area contributed by atoms with Crippen molar-refractivity contribution in [2.24, 2.45) is 0 Å². The molecule has 0 amide bonds.